The molecule has 214 valence electrons. The van der Waals surface area contributed by atoms with E-state index in [-0.39, 0.29) is 23.5 Å². The average molecular weight is 536 g/mol. The summed E-state index contributed by atoms with van der Waals surface area (Å²) in [6, 6.07) is -4.21. The summed E-state index contributed by atoms with van der Waals surface area (Å²) in [6.07, 6.45) is 3.39. The van der Waals surface area contributed by atoms with E-state index in [2.05, 4.69) is 16.0 Å². The van der Waals surface area contributed by atoms with Crippen LogP contribution in [0.4, 0.5) is 4.79 Å². The predicted octanol–water partition coefficient (Wildman–Crippen LogP) is 1.28. The Balaban J connectivity index is 2.26. The van der Waals surface area contributed by atoms with Crippen LogP contribution in [0, 0.1) is 23.2 Å². The number of rotatable bonds is 12. The van der Waals surface area contributed by atoms with Gasteiger partial charge < -0.3 is 26.6 Å². The summed E-state index contributed by atoms with van der Waals surface area (Å²) in [5, 5.41) is 8.10. The Morgan fingerprint density at radius 1 is 0.974 bits per heavy atom. The van der Waals surface area contributed by atoms with E-state index >= 15 is 0 Å². The zero-order valence-electron chi connectivity index (χ0n) is 23.8. The number of carbonyl (C=O) groups is 6. The van der Waals surface area contributed by atoms with Gasteiger partial charge in [-0.25, -0.2) is 4.79 Å². The fraction of sp³-hybridized carbons (Fsp3) is 0.778. The number of hydrogen-bond donors (Lipinski definition) is 4. The van der Waals surface area contributed by atoms with Gasteiger partial charge in [-0.15, -0.1) is 0 Å². The molecule has 11 heteroatoms. The minimum Gasteiger partial charge on any atom is -0.363 e. The van der Waals surface area contributed by atoms with Crippen LogP contribution in [0.25, 0.3) is 0 Å². The SMILES string of the molecule is CC[C@H]1CCN(C(=O)[C@@H](NC(=O)N[C@H](C(C)=O)C(C)C)C(C)(C)C)[C@@H]1C(=O)NC(CC1CC1)C(=O)C(N)=O. The quantitative estimate of drug-likeness (QED) is 0.275. The van der Waals surface area contributed by atoms with Crippen molar-refractivity contribution in [3.8, 4) is 0 Å². The fourth-order valence-corrected chi connectivity index (χ4v) is 5.10. The number of nitrogens with one attached hydrogen (secondary N) is 3. The minimum atomic E-state index is -1.10. The number of nitrogens with zero attached hydrogens (tertiary/aromatic N) is 1. The highest BCUT2D eigenvalue weighted by Crippen LogP contribution is 2.34. The Kier molecular flexibility index (Phi) is 10.4. The van der Waals surface area contributed by atoms with Gasteiger partial charge in [-0.3, -0.25) is 24.0 Å². The molecule has 38 heavy (non-hydrogen) atoms. The molecule has 5 amide bonds. The first-order valence-electron chi connectivity index (χ1n) is 13.6. The Bertz CT molecular complexity index is 939. The minimum absolute atomic E-state index is 0.134. The third-order valence-electron chi connectivity index (χ3n) is 7.52. The maximum Gasteiger partial charge on any atom is 0.316 e. The maximum absolute atomic E-state index is 13.9. The molecule has 1 saturated carbocycles. The molecule has 0 aromatic carbocycles. The van der Waals surface area contributed by atoms with Crippen LogP contribution in [0.1, 0.15) is 80.6 Å². The standard InChI is InChI=1S/C27H45N5O6/c1-8-17-11-12-32(20(17)24(36)29-18(13-16-9-10-16)21(34)23(28)35)25(37)22(27(5,6)7)31-26(38)30-19(14(2)3)15(4)33/h14,16-20,22H,8-13H2,1-7H3,(H2,28,35)(H,29,36)(H2,30,31,38)/t17-,18?,19-,20-,22+/m0/s1. The number of urea groups is 1. The molecule has 1 saturated heterocycles. The maximum atomic E-state index is 13.9. The van der Waals surface area contributed by atoms with E-state index in [1.54, 1.807) is 20.8 Å². The van der Waals surface area contributed by atoms with Gasteiger partial charge in [0.05, 0.1) is 12.1 Å². The molecule has 11 nitrogen and oxygen atoms in total. The topological polar surface area (TPSA) is 168 Å². The first kappa shape index (κ1) is 31.2. The summed E-state index contributed by atoms with van der Waals surface area (Å²) in [7, 11) is 0. The summed E-state index contributed by atoms with van der Waals surface area (Å²) in [5.74, 6) is -3.09. The molecule has 0 bridgehead atoms. The molecule has 1 heterocycles. The molecular formula is C27H45N5O6. The Morgan fingerprint density at radius 2 is 1.58 bits per heavy atom. The lowest BCUT2D eigenvalue weighted by molar-refractivity contribution is -0.144. The van der Waals surface area contributed by atoms with Gasteiger partial charge in [-0.1, -0.05) is 60.8 Å². The number of carbonyl (C=O) groups excluding carboxylic acids is 6. The predicted molar refractivity (Wildman–Crippen MR) is 142 cm³/mol. The van der Waals surface area contributed by atoms with Crippen molar-refractivity contribution in [3.63, 3.8) is 0 Å². The first-order chi connectivity index (χ1) is 17.6. The first-order valence-corrected chi connectivity index (χ1v) is 13.6. The Morgan fingerprint density at radius 3 is 2.03 bits per heavy atom. The molecule has 0 aromatic rings. The molecule has 1 unspecified atom stereocenters. The molecule has 2 rings (SSSR count). The second-order valence-electron chi connectivity index (χ2n) is 12.2. The van der Waals surface area contributed by atoms with Gasteiger partial charge in [0, 0.05) is 6.54 Å². The molecule has 2 aliphatic rings. The third kappa shape index (κ3) is 8.01. The largest absolute Gasteiger partial charge is 0.363 e. The van der Waals surface area contributed by atoms with E-state index < -0.39 is 59.1 Å². The van der Waals surface area contributed by atoms with Crippen molar-refractivity contribution in [2.75, 3.05) is 6.54 Å². The molecular weight excluding hydrogens is 490 g/mol. The monoisotopic (exact) mass is 535 g/mol. The summed E-state index contributed by atoms with van der Waals surface area (Å²) in [6.45, 7) is 12.7. The van der Waals surface area contributed by atoms with Crippen LogP contribution in [-0.4, -0.2) is 70.9 Å². The normalized spacial score (nSPS) is 21.8. The van der Waals surface area contributed by atoms with Gasteiger partial charge in [0.15, 0.2) is 5.78 Å². The van der Waals surface area contributed by atoms with E-state index in [1.165, 1.54) is 11.8 Å². The number of primary amides is 1. The highest BCUT2D eigenvalue weighted by molar-refractivity contribution is 6.37. The van der Waals surface area contributed by atoms with Crippen molar-refractivity contribution in [2.24, 2.45) is 28.9 Å². The average Bonchev–Trinajstić information content (AvgIpc) is 3.52. The second kappa shape index (κ2) is 12.7. The third-order valence-corrected chi connectivity index (χ3v) is 7.52. The molecule has 0 spiro atoms. The van der Waals surface area contributed by atoms with E-state index in [4.69, 9.17) is 5.73 Å². The molecule has 5 atom stereocenters. The van der Waals surface area contributed by atoms with Gasteiger partial charge in [0.2, 0.25) is 17.6 Å². The van der Waals surface area contributed by atoms with Gasteiger partial charge in [-0.05, 0) is 42.9 Å². The Labute approximate surface area is 225 Å². The number of nitrogens with two attached hydrogens (primary N) is 1. The van der Waals surface area contributed by atoms with Crippen LogP contribution in [-0.2, 0) is 24.0 Å². The summed E-state index contributed by atoms with van der Waals surface area (Å²) in [5.41, 5.74) is 4.52. The number of ketones is 2. The van der Waals surface area contributed by atoms with E-state index in [0.29, 0.717) is 25.8 Å². The second-order valence-corrected chi connectivity index (χ2v) is 12.2. The highest BCUT2D eigenvalue weighted by Gasteiger charge is 2.46. The lowest BCUT2D eigenvalue weighted by Crippen LogP contribution is -2.61. The van der Waals surface area contributed by atoms with Crippen molar-refractivity contribution in [1.82, 2.24) is 20.9 Å². The number of hydrogen-bond acceptors (Lipinski definition) is 6. The van der Waals surface area contributed by atoms with Crippen LogP contribution in [0.15, 0.2) is 0 Å². The van der Waals surface area contributed by atoms with E-state index in [9.17, 15) is 28.8 Å². The number of likely N-dealkylation sites (tertiary alicyclic amines) is 1. The van der Waals surface area contributed by atoms with Crippen molar-refractivity contribution < 1.29 is 28.8 Å². The lowest BCUT2D eigenvalue weighted by atomic mass is 9.85. The van der Waals surface area contributed by atoms with Crippen molar-refractivity contribution in [2.45, 2.75) is 105 Å². The van der Waals surface area contributed by atoms with Gasteiger partial charge in [0.25, 0.3) is 5.91 Å². The highest BCUT2D eigenvalue weighted by atomic mass is 16.2. The zero-order chi connectivity index (χ0) is 28.9. The van der Waals surface area contributed by atoms with E-state index in [1.807, 2.05) is 20.8 Å². The number of amides is 5. The van der Waals surface area contributed by atoms with Crippen LogP contribution >= 0.6 is 0 Å². The van der Waals surface area contributed by atoms with E-state index in [0.717, 1.165) is 12.8 Å². The van der Waals surface area contributed by atoms with Crippen molar-refractivity contribution in [1.29, 1.82) is 0 Å². The van der Waals surface area contributed by atoms with Gasteiger partial charge in [-0.2, -0.15) is 0 Å². The Hall–Kier alpha value is -2.98. The van der Waals surface area contributed by atoms with Crippen molar-refractivity contribution >= 4 is 35.3 Å². The molecule has 2 fully saturated rings. The van der Waals surface area contributed by atoms with Gasteiger partial charge in [0.1, 0.15) is 12.1 Å². The smallest absolute Gasteiger partial charge is 0.316 e. The lowest BCUT2D eigenvalue weighted by Gasteiger charge is -2.36. The van der Waals surface area contributed by atoms with Crippen molar-refractivity contribution in [3.05, 3.63) is 0 Å². The van der Waals surface area contributed by atoms with Crippen LogP contribution in [0.3, 0.4) is 0 Å². The molecule has 5 N–H and O–H groups in total. The molecule has 0 radical (unpaired) electrons. The molecule has 1 aliphatic carbocycles. The van der Waals surface area contributed by atoms with Crippen LogP contribution < -0.4 is 21.7 Å². The summed E-state index contributed by atoms with van der Waals surface area (Å²) in [4.78, 5) is 77.7. The van der Waals surface area contributed by atoms with Crippen LogP contribution in [0.2, 0.25) is 0 Å². The number of Topliss-reactive ketones (excluding diaryl/α,β-unsaturated/α-hetero) is 2. The summed E-state index contributed by atoms with van der Waals surface area (Å²) < 4.78 is 0. The zero-order valence-corrected chi connectivity index (χ0v) is 23.8. The fourth-order valence-electron chi connectivity index (χ4n) is 5.10. The molecule has 1 aliphatic heterocycles. The van der Waals surface area contributed by atoms with Gasteiger partial charge >= 0.3 is 6.03 Å². The summed E-state index contributed by atoms with van der Waals surface area (Å²) >= 11 is 0. The van der Waals surface area contributed by atoms with Crippen LogP contribution in [0.5, 0.6) is 0 Å². The molecule has 0 aromatic heterocycles.